The highest BCUT2D eigenvalue weighted by molar-refractivity contribution is 5.63. The number of rotatable bonds is 3. The fourth-order valence-electron chi connectivity index (χ4n) is 2.52. The van der Waals surface area contributed by atoms with Crippen molar-refractivity contribution >= 4 is 0 Å². The summed E-state index contributed by atoms with van der Waals surface area (Å²) in [7, 11) is 0. The van der Waals surface area contributed by atoms with E-state index in [1.807, 2.05) is 37.3 Å². The molecule has 3 nitrogen and oxygen atoms in total. The van der Waals surface area contributed by atoms with Crippen molar-refractivity contribution in [2.75, 3.05) is 0 Å². The summed E-state index contributed by atoms with van der Waals surface area (Å²) in [5.41, 5.74) is 4.87. The number of nitrogens with zero attached hydrogens (tertiary/aromatic N) is 1. The molecule has 3 heteroatoms. The van der Waals surface area contributed by atoms with Crippen molar-refractivity contribution in [2.45, 2.75) is 20.3 Å². The lowest BCUT2D eigenvalue weighted by molar-refractivity contribution is 0.849. The molecule has 0 atom stereocenters. The van der Waals surface area contributed by atoms with Crippen molar-refractivity contribution in [3.8, 4) is 16.9 Å². The number of aromatic amines is 1. The Hall–Kier alpha value is -2.55. The molecule has 3 rings (SSSR count). The molecule has 21 heavy (non-hydrogen) atoms. The van der Waals surface area contributed by atoms with Crippen molar-refractivity contribution in [3.05, 3.63) is 76.1 Å². The van der Waals surface area contributed by atoms with Gasteiger partial charge in [0.15, 0.2) is 0 Å². The summed E-state index contributed by atoms with van der Waals surface area (Å²) >= 11 is 0. The van der Waals surface area contributed by atoms with E-state index in [-0.39, 0.29) is 5.56 Å². The summed E-state index contributed by atoms with van der Waals surface area (Å²) in [4.78, 5) is 12.6. The number of H-pyrrole nitrogens is 1. The molecule has 0 saturated carbocycles. The molecule has 1 aromatic heterocycles. The van der Waals surface area contributed by atoms with Crippen LogP contribution in [0.1, 0.15) is 18.1 Å². The van der Waals surface area contributed by atoms with Crippen molar-refractivity contribution in [1.29, 1.82) is 0 Å². The second-order valence-corrected chi connectivity index (χ2v) is 5.16. The molecule has 0 radical (unpaired) electrons. The van der Waals surface area contributed by atoms with Gasteiger partial charge in [-0.15, -0.1) is 0 Å². The van der Waals surface area contributed by atoms with Gasteiger partial charge >= 0.3 is 0 Å². The molecule has 0 aliphatic carbocycles. The van der Waals surface area contributed by atoms with Crippen molar-refractivity contribution in [1.82, 2.24) is 9.78 Å². The Labute approximate surface area is 123 Å². The highest BCUT2D eigenvalue weighted by atomic mass is 16.1. The first-order valence-electron chi connectivity index (χ1n) is 7.17. The largest absolute Gasteiger partial charge is 0.290 e. The van der Waals surface area contributed by atoms with E-state index in [9.17, 15) is 4.79 Å². The third-order valence-electron chi connectivity index (χ3n) is 3.69. The zero-order valence-electron chi connectivity index (χ0n) is 12.3. The summed E-state index contributed by atoms with van der Waals surface area (Å²) in [6.45, 7) is 4.07. The van der Waals surface area contributed by atoms with Crippen molar-refractivity contribution in [3.63, 3.8) is 0 Å². The maximum absolute atomic E-state index is 12.6. The summed E-state index contributed by atoms with van der Waals surface area (Å²) in [6.07, 6.45) is 0.707. The van der Waals surface area contributed by atoms with E-state index in [1.54, 1.807) is 4.68 Å². The zero-order chi connectivity index (χ0) is 14.8. The van der Waals surface area contributed by atoms with E-state index >= 15 is 0 Å². The third kappa shape index (κ3) is 2.42. The Morgan fingerprint density at radius 1 is 1.00 bits per heavy atom. The van der Waals surface area contributed by atoms with Crippen molar-refractivity contribution in [2.24, 2.45) is 0 Å². The molecule has 0 spiro atoms. The molecule has 0 amide bonds. The van der Waals surface area contributed by atoms with Gasteiger partial charge in [-0.2, -0.15) is 0 Å². The van der Waals surface area contributed by atoms with Crippen LogP contribution in [0, 0.1) is 6.92 Å². The van der Waals surface area contributed by atoms with E-state index in [4.69, 9.17) is 0 Å². The minimum absolute atomic E-state index is 0.0271. The molecule has 0 unspecified atom stereocenters. The third-order valence-corrected chi connectivity index (χ3v) is 3.69. The lowest BCUT2D eigenvalue weighted by Crippen LogP contribution is -2.16. The van der Waals surface area contributed by atoms with Gasteiger partial charge in [0, 0.05) is 5.56 Å². The number of aryl methyl sites for hydroxylation is 1. The van der Waals surface area contributed by atoms with Crippen LogP contribution in [0.15, 0.2) is 59.4 Å². The van der Waals surface area contributed by atoms with Gasteiger partial charge in [0.05, 0.1) is 11.4 Å². The Morgan fingerprint density at radius 3 is 2.29 bits per heavy atom. The SMILES string of the molecule is CCc1c(-c2ccc(C)cc2)[nH]n(-c2ccccc2)c1=O. The molecular weight excluding hydrogens is 260 g/mol. The lowest BCUT2D eigenvalue weighted by Gasteiger charge is -2.02. The first-order valence-corrected chi connectivity index (χ1v) is 7.17. The summed E-state index contributed by atoms with van der Waals surface area (Å²) in [5.74, 6) is 0. The number of nitrogens with one attached hydrogen (secondary N) is 1. The average Bonchev–Trinajstić information content (AvgIpc) is 2.85. The fourth-order valence-corrected chi connectivity index (χ4v) is 2.52. The second-order valence-electron chi connectivity index (χ2n) is 5.16. The van der Waals surface area contributed by atoms with Gasteiger partial charge in [0.25, 0.3) is 5.56 Å². The van der Waals surface area contributed by atoms with Crippen LogP contribution in [0.3, 0.4) is 0 Å². The predicted molar refractivity (Wildman–Crippen MR) is 85.9 cm³/mol. The maximum atomic E-state index is 12.6. The van der Waals surface area contributed by atoms with E-state index in [0.717, 1.165) is 22.5 Å². The monoisotopic (exact) mass is 278 g/mol. The second kappa shape index (κ2) is 5.44. The van der Waals surface area contributed by atoms with Crippen LogP contribution in [-0.2, 0) is 6.42 Å². The Bertz CT molecular complexity index is 795. The van der Waals surface area contributed by atoms with Crippen LogP contribution < -0.4 is 5.56 Å². The molecule has 1 N–H and O–H groups in total. The number of hydrogen-bond donors (Lipinski definition) is 1. The minimum Gasteiger partial charge on any atom is -0.290 e. The summed E-state index contributed by atoms with van der Waals surface area (Å²) < 4.78 is 1.62. The first-order chi connectivity index (χ1) is 10.2. The van der Waals surface area contributed by atoms with Gasteiger partial charge in [-0.05, 0) is 31.0 Å². The minimum atomic E-state index is 0.0271. The van der Waals surface area contributed by atoms with Crippen LogP contribution in [0.25, 0.3) is 16.9 Å². The Kier molecular flexibility index (Phi) is 3.48. The van der Waals surface area contributed by atoms with E-state index in [0.29, 0.717) is 6.42 Å². The molecule has 0 aliphatic heterocycles. The van der Waals surface area contributed by atoms with Crippen LogP contribution in [-0.4, -0.2) is 9.78 Å². The topological polar surface area (TPSA) is 37.8 Å². The molecule has 0 aliphatic rings. The van der Waals surface area contributed by atoms with Gasteiger partial charge in [0.1, 0.15) is 0 Å². The average molecular weight is 278 g/mol. The molecule has 1 heterocycles. The van der Waals surface area contributed by atoms with E-state index in [2.05, 4.69) is 36.3 Å². The van der Waals surface area contributed by atoms with Gasteiger partial charge in [-0.3, -0.25) is 9.89 Å². The number of para-hydroxylation sites is 1. The van der Waals surface area contributed by atoms with Crippen LogP contribution in [0.4, 0.5) is 0 Å². The fraction of sp³-hybridized carbons (Fsp3) is 0.167. The van der Waals surface area contributed by atoms with Crippen LogP contribution in [0.2, 0.25) is 0 Å². The first kappa shape index (κ1) is 13.4. The molecule has 2 aromatic carbocycles. The van der Waals surface area contributed by atoms with Crippen LogP contribution in [0.5, 0.6) is 0 Å². The maximum Gasteiger partial charge on any atom is 0.275 e. The number of benzene rings is 2. The molecule has 106 valence electrons. The Balaban J connectivity index is 2.18. The molecule has 3 aromatic rings. The predicted octanol–water partition coefficient (Wildman–Crippen LogP) is 3.70. The van der Waals surface area contributed by atoms with Crippen molar-refractivity contribution < 1.29 is 0 Å². The zero-order valence-corrected chi connectivity index (χ0v) is 12.3. The normalized spacial score (nSPS) is 10.8. The van der Waals surface area contributed by atoms with E-state index < -0.39 is 0 Å². The van der Waals surface area contributed by atoms with Crippen LogP contribution >= 0.6 is 0 Å². The molecule has 0 bridgehead atoms. The lowest BCUT2D eigenvalue weighted by atomic mass is 10.1. The quantitative estimate of drug-likeness (QED) is 0.779. The summed E-state index contributed by atoms with van der Waals surface area (Å²) in [5, 5.41) is 3.26. The highest BCUT2D eigenvalue weighted by Crippen LogP contribution is 2.21. The number of hydrogen-bond acceptors (Lipinski definition) is 1. The number of aromatic nitrogens is 2. The molecular formula is C18H18N2O. The van der Waals surface area contributed by atoms with E-state index in [1.165, 1.54) is 5.56 Å². The van der Waals surface area contributed by atoms with Gasteiger partial charge < -0.3 is 0 Å². The molecule has 0 saturated heterocycles. The smallest absolute Gasteiger partial charge is 0.275 e. The standard InChI is InChI=1S/C18H18N2O/c1-3-16-17(14-11-9-13(2)10-12-14)19-20(18(16)21)15-7-5-4-6-8-15/h4-12,19H,3H2,1-2H3. The van der Waals surface area contributed by atoms with Gasteiger partial charge in [0.2, 0.25) is 0 Å². The Morgan fingerprint density at radius 2 is 1.67 bits per heavy atom. The summed E-state index contributed by atoms with van der Waals surface area (Å²) in [6, 6.07) is 17.9. The highest BCUT2D eigenvalue weighted by Gasteiger charge is 2.14. The molecule has 0 fully saturated rings. The van der Waals surface area contributed by atoms with Gasteiger partial charge in [-0.25, -0.2) is 4.68 Å². The van der Waals surface area contributed by atoms with Gasteiger partial charge in [-0.1, -0.05) is 55.0 Å².